The highest BCUT2D eigenvalue weighted by Gasteiger charge is 2.20. The molecule has 0 saturated carbocycles. The van der Waals surface area contributed by atoms with Crippen molar-refractivity contribution in [1.29, 1.82) is 0 Å². The summed E-state index contributed by atoms with van der Waals surface area (Å²) in [5, 5.41) is 14.1. The maximum atomic E-state index is 10.0. The van der Waals surface area contributed by atoms with Crippen LogP contribution in [0.2, 0.25) is 0 Å². The fourth-order valence-corrected chi connectivity index (χ4v) is 3.52. The fraction of sp³-hybridized carbons (Fsp3) is 0.381. The fourth-order valence-electron chi connectivity index (χ4n) is 3.22. The molecule has 0 atom stereocenters. The summed E-state index contributed by atoms with van der Waals surface area (Å²) in [5.74, 6) is 0.338. The number of thiocarbonyl (C=S) groups is 1. The predicted octanol–water partition coefficient (Wildman–Crippen LogP) is 4.25. The molecule has 3 rings (SSSR count). The zero-order valence-corrected chi connectivity index (χ0v) is 16.1. The first kappa shape index (κ1) is 18.5. The first-order valence-corrected chi connectivity index (χ1v) is 9.76. The standard InChI is InChI=1S/C21H27N3OS/c1-2-3-6-17-9-11-18(12-10-17)22-21(26)24-15-13-23(14-16-24)19-7-4-5-8-20(19)25/h4-5,7-12,25H,2-3,6,13-16H2,1H3,(H,22,26). The van der Waals surface area contributed by atoms with Crippen LogP contribution in [0.15, 0.2) is 48.5 Å². The van der Waals surface area contributed by atoms with Gasteiger partial charge in [-0.05, 0) is 54.9 Å². The highest BCUT2D eigenvalue weighted by atomic mass is 32.1. The number of phenolic OH excluding ortho intramolecular Hbond substituents is 1. The van der Waals surface area contributed by atoms with Crippen LogP contribution in [0.3, 0.4) is 0 Å². The van der Waals surface area contributed by atoms with E-state index in [9.17, 15) is 5.11 Å². The van der Waals surface area contributed by atoms with Gasteiger partial charge >= 0.3 is 0 Å². The molecule has 2 N–H and O–H groups in total. The van der Waals surface area contributed by atoms with Crippen molar-refractivity contribution in [2.45, 2.75) is 26.2 Å². The average Bonchev–Trinajstić information content (AvgIpc) is 2.68. The summed E-state index contributed by atoms with van der Waals surface area (Å²) in [7, 11) is 0. The van der Waals surface area contributed by atoms with Crippen LogP contribution in [0, 0.1) is 0 Å². The van der Waals surface area contributed by atoms with Crippen LogP contribution in [0.1, 0.15) is 25.3 Å². The highest BCUT2D eigenvalue weighted by Crippen LogP contribution is 2.27. The number of rotatable bonds is 5. The lowest BCUT2D eigenvalue weighted by molar-refractivity contribution is 0.387. The minimum absolute atomic E-state index is 0.338. The largest absolute Gasteiger partial charge is 0.506 e. The molecular formula is C21H27N3OS. The van der Waals surface area contributed by atoms with Crippen molar-refractivity contribution < 1.29 is 5.11 Å². The molecule has 0 aliphatic carbocycles. The van der Waals surface area contributed by atoms with E-state index in [2.05, 4.69) is 46.3 Å². The Kier molecular flexibility index (Phi) is 6.34. The lowest BCUT2D eigenvalue weighted by Gasteiger charge is -2.37. The second-order valence-corrected chi connectivity index (χ2v) is 7.08. The SMILES string of the molecule is CCCCc1ccc(NC(=S)N2CCN(c3ccccc3O)CC2)cc1. The monoisotopic (exact) mass is 369 g/mol. The van der Waals surface area contributed by atoms with Crippen LogP contribution in [0.4, 0.5) is 11.4 Å². The number of unbranched alkanes of at least 4 members (excludes halogenated alkanes) is 1. The van der Waals surface area contributed by atoms with Gasteiger partial charge in [-0.15, -0.1) is 0 Å². The number of aromatic hydroxyl groups is 1. The first-order chi connectivity index (χ1) is 12.7. The average molecular weight is 370 g/mol. The first-order valence-electron chi connectivity index (χ1n) is 9.35. The highest BCUT2D eigenvalue weighted by molar-refractivity contribution is 7.80. The smallest absolute Gasteiger partial charge is 0.173 e. The van der Waals surface area contributed by atoms with E-state index < -0.39 is 0 Å². The van der Waals surface area contributed by atoms with Gasteiger partial charge in [0, 0.05) is 31.9 Å². The van der Waals surface area contributed by atoms with E-state index >= 15 is 0 Å². The molecule has 0 spiro atoms. The molecular weight excluding hydrogens is 342 g/mol. The number of nitrogens with one attached hydrogen (secondary N) is 1. The Morgan fingerprint density at radius 2 is 1.73 bits per heavy atom. The Labute approximate surface area is 161 Å². The number of benzene rings is 2. The molecule has 0 aromatic heterocycles. The zero-order valence-electron chi connectivity index (χ0n) is 15.3. The number of anilines is 2. The molecule has 0 unspecified atom stereocenters. The van der Waals surface area contributed by atoms with Crippen LogP contribution >= 0.6 is 12.2 Å². The van der Waals surface area contributed by atoms with E-state index in [1.807, 2.05) is 18.2 Å². The number of aryl methyl sites for hydroxylation is 1. The van der Waals surface area contributed by atoms with Gasteiger partial charge in [0.25, 0.3) is 0 Å². The minimum Gasteiger partial charge on any atom is -0.506 e. The van der Waals surface area contributed by atoms with Gasteiger partial charge in [0.1, 0.15) is 5.75 Å². The number of nitrogens with zero attached hydrogens (tertiary/aromatic N) is 2. The normalized spacial score (nSPS) is 14.3. The molecule has 0 bridgehead atoms. The Balaban J connectivity index is 1.51. The van der Waals surface area contributed by atoms with E-state index in [1.165, 1.54) is 18.4 Å². The molecule has 138 valence electrons. The Hall–Kier alpha value is -2.27. The lowest BCUT2D eigenvalue weighted by Crippen LogP contribution is -2.50. The summed E-state index contributed by atoms with van der Waals surface area (Å²) in [6, 6.07) is 16.1. The molecule has 4 nitrogen and oxygen atoms in total. The molecule has 2 aromatic carbocycles. The van der Waals surface area contributed by atoms with E-state index in [-0.39, 0.29) is 0 Å². The predicted molar refractivity (Wildman–Crippen MR) is 113 cm³/mol. The molecule has 5 heteroatoms. The molecule has 1 aliphatic heterocycles. The zero-order chi connectivity index (χ0) is 18.4. The second kappa shape index (κ2) is 8.90. The second-order valence-electron chi connectivity index (χ2n) is 6.69. The number of hydrogen-bond acceptors (Lipinski definition) is 3. The third kappa shape index (κ3) is 4.67. The Bertz CT molecular complexity index is 724. The molecule has 1 saturated heterocycles. The molecule has 0 radical (unpaired) electrons. The lowest BCUT2D eigenvalue weighted by atomic mass is 10.1. The van der Waals surface area contributed by atoms with Crippen LogP contribution in [-0.2, 0) is 6.42 Å². The number of hydrogen-bond donors (Lipinski definition) is 2. The van der Waals surface area contributed by atoms with Crippen LogP contribution < -0.4 is 10.2 Å². The van der Waals surface area contributed by atoms with Crippen molar-refractivity contribution in [3.63, 3.8) is 0 Å². The summed E-state index contributed by atoms with van der Waals surface area (Å²) >= 11 is 5.59. The Morgan fingerprint density at radius 3 is 2.38 bits per heavy atom. The molecule has 1 aliphatic rings. The molecule has 1 heterocycles. The third-order valence-electron chi connectivity index (χ3n) is 4.81. The maximum absolute atomic E-state index is 10.0. The molecule has 2 aromatic rings. The molecule has 26 heavy (non-hydrogen) atoms. The van der Waals surface area contributed by atoms with Gasteiger partial charge in [-0.2, -0.15) is 0 Å². The number of piperazine rings is 1. The quantitative estimate of drug-likeness (QED) is 0.771. The van der Waals surface area contributed by atoms with Crippen molar-refractivity contribution in [1.82, 2.24) is 4.90 Å². The summed E-state index contributed by atoms with van der Waals surface area (Å²) in [5.41, 5.74) is 3.31. The van der Waals surface area contributed by atoms with Crippen LogP contribution in [-0.4, -0.2) is 41.3 Å². The topological polar surface area (TPSA) is 38.7 Å². The van der Waals surface area contributed by atoms with Gasteiger partial charge in [-0.3, -0.25) is 0 Å². The number of para-hydroxylation sites is 2. The van der Waals surface area contributed by atoms with E-state index in [0.717, 1.165) is 49.1 Å². The van der Waals surface area contributed by atoms with Crippen molar-refractivity contribution in [2.24, 2.45) is 0 Å². The molecule has 0 amide bonds. The summed E-state index contributed by atoms with van der Waals surface area (Å²) in [4.78, 5) is 4.40. The molecule has 1 fully saturated rings. The van der Waals surface area contributed by atoms with Crippen molar-refractivity contribution >= 4 is 28.7 Å². The van der Waals surface area contributed by atoms with Gasteiger partial charge in [0.2, 0.25) is 0 Å². The van der Waals surface area contributed by atoms with Gasteiger partial charge in [0.05, 0.1) is 5.69 Å². The van der Waals surface area contributed by atoms with Crippen molar-refractivity contribution in [3.8, 4) is 5.75 Å². The van der Waals surface area contributed by atoms with Crippen molar-refractivity contribution in [3.05, 3.63) is 54.1 Å². The van der Waals surface area contributed by atoms with Gasteiger partial charge in [0.15, 0.2) is 5.11 Å². The van der Waals surface area contributed by atoms with Crippen molar-refractivity contribution in [2.75, 3.05) is 36.4 Å². The van der Waals surface area contributed by atoms with E-state index in [1.54, 1.807) is 6.07 Å². The van der Waals surface area contributed by atoms with Crippen LogP contribution in [0.25, 0.3) is 0 Å². The number of phenols is 1. The summed E-state index contributed by atoms with van der Waals surface area (Å²) < 4.78 is 0. The summed E-state index contributed by atoms with van der Waals surface area (Å²) in [6.07, 6.45) is 3.58. The summed E-state index contributed by atoms with van der Waals surface area (Å²) in [6.45, 7) is 5.58. The van der Waals surface area contributed by atoms with Crippen LogP contribution in [0.5, 0.6) is 5.75 Å². The van der Waals surface area contributed by atoms with Gasteiger partial charge in [-0.25, -0.2) is 0 Å². The van der Waals surface area contributed by atoms with E-state index in [0.29, 0.717) is 5.75 Å². The van der Waals surface area contributed by atoms with E-state index in [4.69, 9.17) is 12.2 Å². The third-order valence-corrected chi connectivity index (χ3v) is 5.17. The van der Waals surface area contributed by atoms with Gasteiger partial charge < -0.3 is 20.2 Å². The minimum atomic E-state index is 0.338. The Morgan fingerprint density at radius 1 is 1.04 bits per heavy atom. The van der Waals surface area contributed by atoms with Gasteiger partial charge in [-0.1, -0.05) is 37.6 Å². The maximum Gasteiger partial charge on any atom is 0.173 e.